The van der Waals surface area contributed by atoms with E-state index in [1.165, 1.54) is 379 Å². The van der Waals surface area contributed by atoms with E-state index >= 15 is 0 Å². The van der Waals surface area contributed by atoms with Gasteiger partial charge in [0.05, 0.1) is 25.4 Å². The molecule has 500 valence electrons. The minimum Gasteiger partial charge on any atom is -0.466 e. The Hall–Kier alpha value is -1.40. The fraction of sp³-hybridized carbons (Fsp3) is 0.949. The number of allylic oxidation sites excluding steroid dienone is 2. The molecule has 3 N–H and O–H groups in total. The summed E-state index contributed by atoms with van der Waals surface area (Å²) in [7, 11) is 0. The number of esters is 1. The maximum Gasteiger partial charge on any atom is 0.305 e. The summed E-state index contributed by atoms with van der Waals surface area (Å²) >= 11 is 0. The molecule has 0 aromatic carbocycles. The topological polar surface area (TPSA) is 95.9 Å². The lowest BCUT2D eigenvalue weighted by Gasteiger charge is -2.22. The summed E-state index contributed by atoms with van der Waals surface area (Å²) in [6, 6.07) is -0.534. The molecule has 0 rings (SSSR count). The number of amides is 1. The van der Waals surface area contributed by atoms with Crippen molar-refractivity contribution in [1.29, 1.82) is 0 Å². The van der Waals surface area contributed by atoms with Crippen LogP contribution in [0.3, 0.4) is 0 Å². The zero-order chi connectivity index (χ0) is 60.6. The van der Waals surface area contributed by atoms with E-state index in [9.17, 15) is 19.8 Å². The Bertz CT molecular complexity index is 1270. The highest BCUT2D eigenvalue weighted by Crippen LogP contribution is 2.20. The monoisotopic (exact) mass is 1180 g/mol. The fourth-order valence-corrected chi connectivity index (χ4v) is 12.6. The molecule has 0 aliphatic rings. The lowest BCUT2D eigenvalue weighted by atomic mass is 10.0. The Morgan fingerprint density at radius 3 is 0.845 bits per heavy atom. The number of rotatable bonds is 74. The number of aliphatic hydroxyl groups excluding tert-OH is 2. The third-order valence-corrected chi connectivity index (χ3v) is 18.6. The molecule has 6 nitrogen and oxygen atoms in total. The van der Waals surface area contributed by atoms with Gasteiger partial charge in [0, 0.05) is 12.8 Å². The van der Waals surface area contributed by atoms with Gasteiger partial charge in [0.15, 0.2) is 0 Å². The van der Waals surface area contributed by atoms with Crippen molar-refractivity contribution in [3.63, 3.8) is 0 Å². The quantitative estimate of drug-likeness (QED) is 0.0320. The smallest absolute Gasteiger partial charge is 0.305 e. The van der Waals surface area contributed by atoms with Gasteiger partial charge in [-0.25, -0.2) is 0 Å². The van der Waals surface area contributed by atoms with Crippen LogP contribution < -0.4 is 5.32 Å². The zero-order valence-electron chi connectivity index (χ0n) is 57.4. The predicted molar refractivity (Wildman–Crippen MR) is 370 cm³/mol. The second kappa shape index (κ2) is 74.1. The van der Waals surface area contributed by atoms with Crippen molar-refractivity contribution >= 4 is 11.9 Å². The average Bonchev–Trinajstić information content (AvgIpc) is 3.51. The average molecular weight is 1190 g/mol. The van der Waals surface area contributed by atoms with Gasteiger partial charge in [-0.15, -0.1) is 0 Å². The minimum atomic E-state index is -0.657. The highest BCUT2D eigenvalue weighted by molar-refractivity contribution is 5.76. The SMILES string of the molecule is CCCCCCCC/C=C\CCCCCCCCCCCC(=O)OCCCCCCCCCCCCCCCCCCCCCCCCCCCCCCCCCCCCCCCCCC(=O)NC(CO)C(O)CCCCCCCCCCC. The van der Waals surface area contributed by atoms with E-state index in [1.807, 2.05) is 0 Å². The molecular formula is C78H153NO5. The lowest BCUT2D eigenvalue weighted by molar-refractivity contribution is -0.143. The van der Waals surface area contributed by atoms with Crippen LogP contribution in [-0.2, 0) is 14.3 Å². The number of hydrogen-bond acceptors (Lipinski definition) is 5. The van der Waals surface area contributed by atoms with Crippen LogP contribution in [0.5, 0.6) is 0 Å². The summed E-state index contributed by atoms with van der Waals surface area (Å²) in [6.07, 6.45) is 93.3. The van der Waals surface area contributed by atoms with Crippen LogP contribution in [-0.4, -0.2) is 47.4 Å². The number of aliphatic hydroxyl groups is 2. The van der Waals surface area contributed by atoms with Gasteiger partial charge in [-0.05, 0) is 51.4 Å². The van der Waals surface area contributed by atoms with Gasteiger partial charge in [0.1, 0.15) is 0 Å². The van der Waals surface area contributed by atoms with Crippen LogP contribution in [0.15, 0.2) is 12.2 Å². The molecule has 2 unspecified atom stereocenters. The maximum atomic E-state index is 12.4. The number of hydrogen-bond donors (Lipinski definition) is 3. The Balaban J connectivity index is 3.24. The minimum absolute atomic E-state index is 0.0246. The number of carbonyl (C=O) groups is 2. The van der Waals surface area contributed by atoms with Crippen molar-refractivity contribution < 1.29 is 24.5 Å². The van der Waals surface area contributed by atoms with Gasteiger partial charge >= 0.3 is 5.97 Å². The van der Waals surface area contributed by atoms with Gasteiger partial charge in [0.2, 0.25) is 5.91 Å². The third-order valence-electron chi connectivity index (χ3n) is 18.6. The Kier molecular flexibility index (Phi) is 72.8. The molecule has 0 saturated heterocycles. The van der Waals surface area contributed by atoms with Crippen LogP contribution >= 0.6 is 0 Å². The van der Waals surface area contributed by atoms with E-state index in [0.717, 1.165) is 38.5 Å². The van der Waals surface area contributed by atoms with E-state index in [0.29, 0.717) is 25.9 Å². The molecule has 1 amide bonds. The van der Waals surface area contributed by atoms with E-state index in [1.54, 1.807) is 0 Å². The van der Waals surface area contributed by atoms with Crippen LogP contribution in [0.4, 0.5) is 0 Å². The number of unbranched alkanes of at least 4 members (excludes halogenated alkanes) is 61. The van der Waals surface area contributed by atoms with Crippen LogP contribution in [0.25, 0.3) is 0 Å². The van der Waals surface area contributed by atoms with Crippen molar-refractivity contribution in [1.82, 2.24) is 5.32 Å². The molecule has 6 heteroatoms. The molecular weight excluding hydrogens is 1030 g/mol. The first-order chi connectivity index (χ1) is 41.5. The molecule has 0 fully saturated rings. The molecule has 0 saturated carbocycles. The number of carbonyl (C=O) groups excluding carboxylic acids is 2. The summed E-state index contributed by atoms with van der Waals surface area (Å²) in [4.78, 5) is 24.6. The Morgan fingerprint density at radius 1 is 0.321 bits per heavy atom. The second-order valence-electron chi connectivity index (χ2n) is 27.0. The largest absolute Gasteiger partial charge is 0.466 e. The highest BCUT2D eigenvalue weighted by Gasteiger charge is 2.20. The zero-order valence-corrected chi connectivity index (χ0v) is 57.4. The molecule has 0 heterocycles. The molecule has 0 aliphatic carbocycles. The van der Waals surface area contributed by atoms with Crippen LogP contribution in [0.1, 0.15) is 450 Å². The van der Waals surface area contributed by atoms with Gasteiger partial charge in [-0.1, -0.05) is 398 Å². The van der Waals surface area contributed by atoms with Gasteiger partial charge < -0.3 is 20.3 Å². The van der Waals surface area contributed by atoms with E-state index in [4.69, 9.17) is 4.74 Å². The first-order valence-electron chi connectivity index (χ1n) is 38.9. The molecule has 0 aromatic rings. The first-order valence-corrected chi connectivity index (χ1v) is 38.9. The van der Waals surface area contributed by atoms with E-state index < -0.39 is 12.1 Å². The predicted octanol–water partition coefficient (Wildman–Crippen LogP) is 25.5. The summed E-state index contributed by atoms with van der Waals surface area (Å²) in [5.74, 6) is -0.00413. The molecule has 84 heavy (non-hydrogen) atoms. The summed E-state index contributed by atoms with van der Waals surface area (Å²) in [6.45, 7) is 4.97. The first kappa shape index (κ1) is 82.6. The summed E-state index contributed by atoms with van der Waals surface area (Å²) < 4.78 is 5.52. The standard InChI is InChI=1S/C78H153NO5/c1-3-5-7-9-11-13-14-15-16-17-39-43-46-49-52-56-60-64-68-72-78(83)84-73-69-65-61-57-53-50-47-44-41-38-36-34-32-30-28-26-24-22-20-18-19-21-23-25-27-29-31-33-35-37-40-42-45-48-51-55-59-63-67-71-77(82)79-75(74-80)76(81)70-66-62-58-54-12-10-8-6-4-2/h15-16,75-76,80-81H,3-14,17-74H2,1-2H3,(H,79,82)/b16-15-. The normalized spacial score (nSPS) is 12.5. The Labute approximate surface area is 527 Å². The molecule has 0 aromatic heterocycles. The van der Waals surface area contributed by atoms with E-state index in [2.05, 4.69) is 31.3 Å². The maximum absolute atomic E-state index is 12.4. The van der Waals surface area contributed by atoms with Gasteiger partial charge in [-0.2, -0.15) is 0 Å². The molecule has 0 bridgehead atoms. The van der Waals surface area contributed by atoms with Gasteiger partial charge in [-0.3, -0.25) is 9.59 Å². The summed E-state index contributed by atoms with van der Waals surface area (Å²) in [5, 5.41) is 23.2. The van der Waals surface area contributed by atoms with Crippen molar-refractivity contribution in [2.75, 3.05) is 13.2 Å². The highest BCUT2D eigenvalue weighted by atomic mass is 16.5. The van der Waals surface area contributed by atoms with Crippen molar-refractivity contribution in [3.8, 4) is 0 Å². The van der Waals surface area contributed by atoms with Gasteiger partial charge in [0.25, 0.3) is 0 Å². The lowest BCUT2D eigenvalue weighted by Crippen LogP contribution is -2.45. The number of ether oxygens (including phenoxy) is 1. The summed E-state index contributed by atoms with van der Waals surface area (Å²) in [5.41, 5.74) is 0. The third kappa shape index (κ3) is 69.7. The van der Waals surface area contributed by atoms with E-state index in [-0.39, 0.29) is 18.5 Å². The molecule has 2 atom stereocenters. The van der Waals surface area contributed by atoms with Crippen molar-refractivity contribution in [2.45, 2.75) is 463 Å². The Morgan fingerprint density at radius 2 is 0.560 bits per heavy atom. The molecule has 0 aliphatic heterocycles. The molecule has 0 spiro atoms. The van der Waals surface area contributed by atoms with Crippen LogP contribution in [0, 0.1) is 0 Å². The van der Waals surface area contributed by atoms with Crippen molar-refractivity contribution in [2.24, 2.45) is 0 Å². The van der Waals surface area contributed by atoms with Crippen LogP contribution in [0.2, 0.25) is 0 Å². The van der Waals surface area contributed by atoms with Crippen molar-refractivity contribution in [3.05, 3.63) is 12.2 Å². The number of nitrogens with one attached hydrogen (secondary N) is 1. The fourth-order valence-electron chi connectivity index (χ4n) is 12.6. The second-order valence-corrected chi connectivity index (χ2v) is 27.0. The molecule has 0 radical (unpaired) electrons.